The predicted molar refractivity (Wildman–Crippen MR) is 133 cm³/mol. The minimum absolute atomic E-state index is 0.0219. The third-order valence-electron chi connectivity index (χ3n) is 5.74. The van der Waals surface area contributed by atoms with E-state index in [-0.39, 0.29) is 12.2 Å². The maximum absolute atomic E-state index is 13.5. The molecule has 0 aliphatic rings. The largest absolute Gasteiger partial charge is 0.416 e. The third-order valence-corrected chi connectivity index (χ3v) is 6.88. The molecule has 0 radical (unpaired) electrons. The van der Waals surface area contributed by atoms with Gasteiger partial charge < -0.3 is 10.2 Å². The summed E-state index contributed by atoms with van der Waals surface area (Å²) >= 11 is 0. The number of hydrogen-bond acceptors (Lipinski definition) is 4. The zero-order valence-electron chi connectivity index (χ0n) is 20.8. The highest BCUT2D eigenvalue weighted by Gasteiger charge is 2.33. The quantitative estimate of drug-likeness (QED) is 0.446. The van der Waals surface area contributed by atoms with Gasteiger partial charge >= 0.3 is 6.18 Å². The van der Waals surface area contributed by atoms with Gasteiger partial charge in [-0.25, -0.2) is 8.42 Å². The average molecular weight is 528 g/mol. The fourth-order valence-corrected chi connectivity index (χ4v) is 4.38. The Hall–Kier alpha value is -3.08. The van der Waals surface area contributed by atoms with Gasteiger partial charge in [0.15, 0.2) is 0 Å². The summed E-state index contributed by atoms with van der Waals surface area (Å²) in [6.07, 6.45) is -2.26. The average Bonchev–Trinajstić information content (AvgIpc) is 2.80. The highest BCUT2D eigenvalue weighted by molar-refractivity contribution is 7.92. The zero-order chi connectivity index (χ0) is 27.1. The van der Waals surface area contributed by atoms with E-state index in [4.69, 9.17) is 0 Å². The summed E-state index contributed by atoms with van der Waals surface area (Å²) in [4.78, 5) is 27.5. The van der Waals surface area contributed by atoms with E-state index in [2.05, 4.69) is 5.32 Å². The number of nitrogens with zero attached hydrogens (tertiary/aromatic N) is 2. The molecule has 0 aliphatic heterocycles. The molecule has 0 saturated heterocycles. The van der Waals surface area contributed by atoms with Gasteiger partial charge in [-0.3, -0.25) is 13.9 Å². The van der Waals surface area contributed by atoms with Crippen LogP contribution in [-0.4, -0.2) is 50.5 Å². The number of hydrogen-bond donors (Lipinski definition) is 1. The first kappa shape index (κ1) is 29.2. The fourth-order valence-electron chi connectivity index (χ4n) is 3.54. The molecule has 1 atom stereocenters. The predicted octanol–water partition coefficient (Wildman–Crippen LogP) is 4.11. The molecule has 0 heterocycles. The van der Waals surface area contributed by atoms with Crippen molar-refractivity contribution in [1.82, 2.24) is 10.2 Å². The van der Waals surface area contributed by atoms with Crippen LogP contribution in [0.3, 0.4) is 0 Å². The van der Waals surface area contributed by atoms with Crippen LogP contribution < -0.4 is 9.62 Å². The first-order valence-corrected chi connectivity index (χ1v) is 13.4. The van der Waals surface area contributed by atoms with Crippen LogP contribution in [0.1, 0.15) is 43.4 Å². The number of halogens is 3. The molecule has 0 aliphatic carbocycles. The van der Waals surface area contributed by atoms with E-state index in [1.165, 1.54) is 17.9 Å². The second-order valence-corrected chi connectivity index (χ2v) is 10.5. The number of aryl methyl sites for hydroxylation is 1. The number of alkyl halides is 3. The van der Waals surface area contributed by atoms with Crippen molar-refractivity contribution in [2.45, 2.75) is 52.4 Å². The summed E-state index contributed by atoms with van der Waals surface area (Å²) in [5, 5.41) is 2.77. The number of unbranched alkanes of at least 4 members (excludes halogenated alkanes) is 1. The van der Waals surface area contributed by atoms with Crippen molar-refractivity contribution >= 4 is 27.5 Å². The summed E-state index contributed by atoms with van der Waals surface area (Å²) in [5.41, 5.74) is 0.286. The number of nitrogens with one attached hydrogen (secondary N) is 1. The molecule has 2 aromatic rings. The number of rotatable bonds is 11. The molecule has 2 aromatic carbocycles. The molecule has 0 aromatic heterocycles. The normalized spacial score (nSPS) is 12.6. The number of amides is 2. The number of carbonyl (C=O) groups excluding carboxylic acids is 2. The van der Waals surface area contributed by atoms with Crippen LogP contribution >= 0.6 is 0 Å². The van der Waals surface area contributed by atoms with Crippen LogP contribution in [0, 0.1) is 6.92 Å². The Balaban J connectivity index is 2.42. The first-order valence-electron chi connectivity index (χ1n) is 11.5. The Morgan fingerprint density at radius 3 is 2.33 bits per heavy atom. The number of benzene rings is 2. The molecule has 0 spiro atoms. The molecule has 2 rings (SSSR count). The summed E-state index contributed by atoms with van der Waals surface area (Å²) < 4.78 is 65.4. The van der Waals surface area contributed by atoms with Crippen molar-refractivity contribution in [2.24, 2.45) is 0 Å². The summed E-state index contributed by atoms with van der Waals surface area (Å²) in [6.45, 7) is 5.03. The molecular formula is C25H32F3N3O4S. The van der Waals surface area contributed by atoms with Gasteiger partial charge in [-0.15, -0.1) is 0 Å². The van der Waals surface area contributed by atoms with Crippen LogP contribution in [-0.2, 0) is 32.3 Å². The van der Waals surface area contributed by atoms with Gasteiger partial charge in [-0.05, 0) is 49.6 Å². The second kappa shape index (κ2) is 12.2. The summed E-state index contributed by atoms with van der Waals surface area (Å²) in [5.74, 6) is -1.13. The van der Waals surface area contributed by atoms with Crippen LogP contribution in [0.4, 0.5) is 18.9 Å². The van der Waals surface area contributed by atoms with E-state index in [1.54, 1.807) is 12.1 Å². The summed E-state index contributed by atoms with van der Waals surface area (Å²) in [6, 6.07) is 10.1. The van der Waals surface area contributed by atoms with Gasteiger partial charge in [-0.1, -0.05) is 43.7 Å². The third kappa shape index (κ3) is 7.97. The topological polar surface area (TPSA) is 86.8 Å². The van der Waals surface area contributed by atoms with E-state index >= 15 is 0 Å². The Bertz CT molecular complexity index is 1170. The molecule has 0 fully saturated rings. The molecular weight excluding hydrogens is 495 g/mol. The van der Waals surface area contributed by atoms with E-state index in [0.29, 0.717) is 16.9 Å². The van der Waals surface area contributed by atoms with Crippen molar-refractivity contribution in [3.05, 3.63) is 65.2 Å². The standard InChI is InChI=1S/C25H32F3N3O4S/c1-5-6-14-29-24(33)19(3)30(16-20-11-8-7-10-18(20)2)23(32)17-31(36(4,34)35)22-13-9-12-21(15-22)25(26,27)28/h7-13,15,19H,5-6,14,16-17H2,1-4H3,(H,29,33)/t19-/m0/s1. The van der Waals surface area contributed by atoms with Gasteiger partial charge in [-0.2, -0.15) is 13.2 Å². The Morgan fingerprint density at radius 2 is 1.75 bits per heavy atom. The zero-order valence-corrected chi connectivity index (χ0v) is 21.6. The molecule has 11 heteroatoms. The van der Waals surface area contributed by atoms with Crippen molar-refractivity contribution in [1.29, 1.82) is 0 Å². The van der Waals surface area contributed by atoms with E-state index in [1.807, 2.05) is 26.0 Å². The molecule has 7 nitrogen and oxygen atoms in total. The molecule has 2 amide bonds. The van der Waals surface area contributed by atoms with Crippen LogP contribution in [0.25, 0.3) is 0 Å². The lowest BCUT2D eigenvalue weighted by molar-refractivity contribution is -0.139. The smallest absolute Gasteiger partial charge is 0.354 e. The molecule has 1 N–H and O–H groups in total. The van der Waals surface area contributed by atoms with Crippen LogP contribution in [0.5, 0.6) is 0 Å². The Labute approximate surface area is 210 Å². The maximum Gasteiger partial charge on any atom is 0.416 e. The SMILES string of the molecule is CCCCNC(=O)[C@H](C)N(Cc1ccccc1C)C(=O)CN(c1cccc(C(F)(F)F)c1)S(C)(=O)=O. The lowest BCUT2D eigenvalue weighted by Crippen LogP contribution is -2.51. The van der Waals surface area contributed by atoms with Crippen molar-refractivity contribution in [2.75, 3.05) is 23.7 Å². The minimum Gasteiger partial charge on any atom is -0.354 e. The molecule has 198 valence electrons. The van der Waals surface area contributed by atoms with Gasteiger partial charge in [0, 0.05) is 13.1 Å². The lowest BCUT2D eigenvalue weighted by atomic mass is 10.1. The monoisotopic (exact) mass is 527 g/mol. The van der Waals surface area contributed by atoms with Crippen molar-refractivity contribution in [3.63, 3.8) is 0 Å². The second-order valence-electron chi connectivity index (χ2n) is 8.59. The van der Waals surface area contributed by atoms with Gasteiger partial charge in [0.25, 0.3) is 0 Å². The minimum atomic E-state index is -4.69. The lowest BCUT2D eigenvalue weighted by Gasteiger charge is -2.32. The molecule has 0 bridgehead atoms. The van der Waals surface area contributed by atoms with Gasteiger partial charge in [0.2, 0.25) is 21.8 Å². The first-order chi connectivity index (χ1) is 16.8. The van der Waals surface area contributed by atoms with Crippen molar-refractivity contribution in [3.8, 4) is 0 Å². The van der Waals surface area contributed by atoms with E-state index in [9.17, 15) is 31.2 Å². The van der Waals surface area contributed by atoms with Crippen LogP contribution in [0.2, 0.25) is 0 Å². The molecule has 36 heavy (non-hydrogen) atoms. The fraction of sp³-hybridized carbons (Fsp3) is 0.440. The highest BCUT2D eigenvalue weighted by Crippen LogP contribution is 2.32. The highest BCUT2D eigenvalue weighted by atomic mass is 32.2. The van der Waals surface area contributed by atoms with E-state index < -0.39 is 46.2 Å². The van der Waals surface area contributed by atoms with Gasteiger partial charge in [0.05, 0.1) is 17.5 Å². The maximum atomic E-state index is 13.5. The molecule has 0 saturated carbocycles. The van der Waals surface area contributed by atoms with Gasteiger partial charge in [0.1, 0.15) is 12.6 Å². The number of sulfonamides is 1. The van der Waals surface area contributed by atoms with E-state index in [0.717, 1.165) is 42.4 Å². The van der Waals surface area contributed by atoms with Crippen molar-refractivity contribution < 1.29 is 31.2 Å². The Kier molecular flexibility index (Phi) is 9.92. The van der Waals surface area contributed by atoms with Crippen LogP contribution in [0.15, 0.2) is 48.5 Å². The number of carbonyl (C=O) groups is 2. The number of anilines is 1. The Morgan fingerprint density at radius 1 is 1.08 bits per heavy atom. The molecule has 0 unspecified atom stereocenters. The summed E-state index contributed by atoms with van der Waals surface area (Å²) in [7, 11) is -4.14.